The van der Waals surface area contributed by atoms with E-state index in [0.29, 0.717) is 18.9 Å². The van der Waals surface area contributed by atoms with Crippen molar-refractivity contribution in [2.24, 2.45) is 23.7 Å². The Bertz CT molecular complexity index is 2240. The first-order valence-corrected chi connectivity index (χ1v) is 18.4. The van der Waals surface area contributed by atoms with E-state index in [1.165, 1.54) is 23.7 Å². The molecular weight excluding hydrogens is 697 g/mol. The number of carbonyl (C=O) groups excluding carboxylic acids is 2. The summed E-state index contributed by atoms with van der Waals surface area (Å²) < 4.78 is 3.09. The van der Waals surface area contributed by atoms with Gasteiger partial charge in [-0.3, -0.25) is 4.79 Å². The molecule has 19 heteroatoms. The van der Waals surface area contributed by atoms with Gasteiger partial charge < -0.3 is 30.8 Å². The molecule has 0 bridgehead atoms. The molecule has 5 aromatic rings. The van der Waals surface area contributed by atoms with Gasteiger partial charge in [-0.05, 0) is 80.4 Å². The van der Waals surface area contributed by atoms with Crippen LogP contribution in [-0.2, 0) is 19.5 Å². The molecule has 0 aromatic carbocycles. The van der Waals surface area contributed by atoms with E-state index in [1.807, 2.05) is 26.1 Å². The number of carboxylic acid groups (broad SMARTS) is 1. The molecule has 2 saturated carbocycles. The Hall–Kier alpha value is -5.47. The van der Waals surface area contributed by atoms with Gasteiger partial charge in [-0.25, -0.2) is 34.3 Å². The van der Waals surface area contributed by atoms with Crippen LogP contribution >= 0.6 is 0 Å². The van der Waals surface area contributed by atoms with E-state index in [-0.39, 0.29) is 42.2 Å². The number of nitrogens with two attached hydrogens (primary N) is 1. The van der Waals surface area contributed by atoms with Crippen LogP contribution in [0.2, 0.25) is 0 Å². The number of rotatable bonds is 9. The molecule has 18 nitrogen and oxygen atoms in total. The van der Waals surface area contributed by atoms with Crippen molar-refractivity contribution in [3.63, 3.8) is 0 Å². The average molecular weight is 738 g/mol. The Kier molecular flexibility index (Phi) is 9.72. The largest absolute Gasteiger partial charge is 1.00 e. The van der Waals surface area contributed by atoms with Crippen LogP contribution in [0, 0.1) is 37.5 Å². The molecule has 3 N–H and O–H groups in total. The fourth-order valence-corrected chi connectivity index (χ4v) is 7.95. The summed E-state index contributed by atoms with van der Waals surface area (Å²) in [5.41, 5.74) is 11.8. The maximum atomic E-state index is 12.7. The number of aryl methyl sites for hydroxylation is 2. The third-order valence-corrected chi connectivity index (χ3v) is 11.3. The standard InChI is InChI=1S/C22H25N9O.C14H16N6O2.Li/c1-12-15(7-25-22(26-12)30-8-13-6-14(13)9-30)10-31-11-19(28-29-31)21(32)27-18-3-2-17-16(18)4-5-24-20(17)23;1-8-11(6-20-7-12(13(21)22)17-18-20)3-15-14(16-8)19-4-9-2-10(9)5-19;/h4-5,7,11,13-14,18H,2-3,6,8-10H2,1H3,(H2,23,24)(H,27,32);3,7,9-10H,2,4-6H2,1H3,(H,21,22);/q;;+1/p-1/t13?,14?,18-;;/m1../s1. The molecular formula is C36H40LiN15O3. The third-order valence-electron chi connectivity index (χ3n) is 11.3. The van der Waals surface area contributed by atoms with Crippen molar-refractivity contribution in [2.75, 3.05) is 41.7 Å². The third kappa shape index (κ3) is 7.61. The number of amides is 1. The fraction of sp³-hybridized carbons (Fsp3) is 0.472. The summed E-state index contributed by atoms with van der Waals surface area (Å²) in [7, 11) is 0. The minimum absolute atomic E-state index is 0. The Morgan fingerprint density at radius 1 is 0.818 bits per heavy atom. The van der Waals surface area contributed by atoms with Gasteiger partial charge in [0.2, 0.25) is 11.9 Å². The first-order chi connectivity index (χ1) is 26.1. The van der Waals surface area contributed by atoms with E-state index >= 15 is 0 Å². The number of anilines is 3. The number of hydrogen-bond acceptors (Lipinski definition) is 15. The van der Waals surface area contributed by atoms with Gasteiger partial charge in [0, 0.05) is 67.3 Å². The fourth-order valence-electron chi connectivity index (χ4n) is 7.95. The molecule has 5 atom stereocenters. The molecule has 5 aromatic heterocycles. The van der Waals surface area contributed by atoms with E-state index in [9.17, 15) is 14.7 Å². The molecule has 0 spiro atoms. The van der Waals surface area contributed by atoms with Gasteiger partial charge >= 0.3 is 18.9 Å². The number of carboxylic acids is 1. The van der Waals surface area contributed by atoms with E-state index in [0.717, 1.165) is 108 Å². The normalized spacial score (nSPS) is 22.5. The Morgan fingerprint density at radius 2 is 1.35 bits per heavy atom. The van der Waals surface area contributed by atoms with Crippen molar-refractivity contribution in [3.05, 3.63) is 82.1 Å². The Balaban J connectivity index is 0.000000163. The van der Waals surface area contributed by atoms with Gasteiger partial charge in [-0.2, -0.15) is 0 Å². The molecule has 2 aliphatic heterocycles. The molecule has 4 unspecified atom stereocenters. The van der Waals surface area contributed by atoms with Crippen LogP contribution < -0.4 is 44.8 Å². The van der Waals surface area contributed by atoms with Gasteiger partial charge in [0.15, 0.2) is 5.69 Å². The summed E-state index contributed by atoms with van der Waals surface area (Å²) in [6.07, 6.45) is 12.6. The summed E-state index contributed by atoms with van der Waals surface area (Å²) in [5.74, 6) is 3.89. The Morgan fingerprint density at radius 3 is 1.85 bits per heavy atom. The molecule has 2 saturated heterocycles. The van der Waals surface area contributed by atoms with Crippen LogP contribution in [0.15, 0.2) is 37.1 Å². The predicted molar refractivity (Wildman–Crippen MR) is 191 cm³/mol. The molecule has 5 aliphatic rings. The van der Waals surface area contributed by atoms with Crippen LogP contribution in [0.5, 0.6) is 0 Å². The van der Waals surface area contributed by atoms with Gasteiger partial charge in [0.25, 0.3) is 5.91 Å². The first-order valence-electron chi connectivity index (χ1n) is 18.4. The quantitative estimate of drug-likeness (QED) is 0.149. The van der Waals surface area contributed by atoms with Crippen molar-refractivity contribution >= 4 is 29.6 Å². The van der Waals surface area contributed by atoms with Crippen LogP contribution in [-0.4, -0.2) is 93.0 Å². The molecule has 7 heterocycles. The average Bonchev–Trinajstić information content (AvgIpc) is 3.63. The number of hydrogen-bond donors (Lipinski definition) is 2. The van der Waals surface area contributed by atoms with Crippen molar-refractivity contribution in [2.45, 2.75) is 58.7 Å². The van der Waals surface area contributed by atoms with E-state index in [2.05, 4.69) is 55.7 Å². The molecule has 1 amide bonds. The number of fused-ring (bicyclic) bond motifs is 3. The van der Waals surface area contributed by atoms with E-state index in [4.69, 9.17) is 10.7 Å². The number of nitrogen functional groups attached to an aromatic ring is 1. The maximum Gasteiger partial charge on any atom is 1.00 e. The number of aromatic nitrogens is 11. The number of carbonyl (C=O) groups is 2. The predicted octanol–water partition coefficient (Wildman–Crippen LogP) is -2.48. The first kappa shape index (κ1) is 36.5. The number of piperidine rings is 2. The molecule has 55 heavy (non-hydrogen) atoms. The summed E-state index contributed by atoms with van der Waals surface area (Å²) in [5, 5.41) is 29.2. The SMILES string of the molecule is Cc1nc(N2CC3CC3C2)ncc1Cn1cc(C(=O)N[C@@H]2CCc3c2ccnc3N)nn1.Cc1nc(N2CC3CC3C2)ncc1Cn1cc(C(=O)[O-])nn1.[Li+]. The Labute approximate surface area is 328 Å². The smallest absolute Gasteiger partial charge is 0.543 e. The van der Waals surface area contributed by atoms with Crippen molar-refractivity contribution in [1.82, 2.24) is 60.2 Å². The van der Waals surface area contributed by atoms with Gasteiger partial charge in [-0.15, -0.1) is 10.2 Å². The number of nitrogens with one attached hydrogen (secondary N) is 1. The van der Waals surface area contributed by atoms with Crippen molar-refractivity contribution in [1.29, 1.82) is 0 Å². The minimum atomic E-state index is -1.33. The molecule has 278 valence electrons. The molecule has 0 radical (unpaired) electrons. The van der Waals surface area contributed by atoms with Crippen LogP contribution in [0.25, 0.3) is 0 Å². The molecule has 4 fully saturated rings. The van der Waals surface area contributed by atoms with Gasteiger partial charge in [-0.1, -0.05) is 10.4 Å². The van der Waals surface area contributed by atoms with Crippen molar-refractivity contribution in [3.8, 4) is 0 Å². The van der Waals surface area contributed by atoms with E-state index < -0.39 is 5.97 Å². The maximum absolute atomic E-state index is 12.7. The second kappa shape index (κ2) is 14.6. The van der Waals surface area contributed by atoms with Crippen LogP contribution in [0.4, 0.5) is 17.7 Å². The van der Waals surface area contributed by atoms with Gasteiger partial charge in [0.1, 0.15) is 11.5 Å². The van der Waals surface area contributed by atoms with Crippen LogP contribution in [0.1, 0.15) is 79.9 Å². The minimum Gasteiger partial charge on any atom is -0.543 e. The zero-order valence-electron chi connectivity index (χ0n) is 31.0. The van der Waals surface area contributed by atoms with E-state index in [1.54, 1.807) is 23.3 Å². The monoisotopic (exact) mass is 737 g/mol. The molecule has 3 aliphatic carbocycles. The van der Waals surface area contributed by atoms with Crippen LogP contribution in [0.3, 0.4) is 0 Å². The summed E-state index contributed by atoms with van der Waals surface area (Å²) in [4.78, 5) is 50.4. The second-order valence-corrected chi connectivity index (χ2v) is 15.1. The second-order valence-electron chi connectivity index (χ2n) is 15.1. The number of aromatic carboxylic acids is 1. The zero-order valence-corrected chi connectivity index (χ0v) is 31.0. The topological polar surface area (TPSA) is 228 Å². The number of nitrogens with zero attached hydrogens (tertiary/aromatic N) is 13. The zero-order chi connectivity index (χ0) is 37.1. The summed E-state index contributed by atoms with van der Waals surface area (Å²) >= 11 is 0. The molecule has 10 rings (SSSR count). The van der Waals surface area contributed by atoms with Crippen molar-refractivity contribution < 1.29 is 33.6 Å². The summed E-state index contributed by atoms with van der Waals surface area (Å²) in [6, 6.07) is 1.82. The number of pyridine rings is 1. The summed E-state index contributed by atoms with van der Waals surface area (Å²) in [6.45, 7) is 9.01. The van der Waals surface area contributed by atoms with Gasteiger partial charge in [0.05, 0.1) is 37.5 Å².